The summed E-state index contributed by atoms with van der Waals surface area (Å²) in [7, 11) is -1.45. The number of aryl methyl sites for hydroxylation is 1. The van der Waals surface area contributed by atoms with E-state index in [1.165, 1.54) is 12.1 Å². The standard InChI is InChI=1S/C22H21O3S.C7H8O3S/c1-24-17-13-14-22(25-2)20(15-17)21(23)16-26(18-9-5-3-6-10-18)19-11-7-4-8-12-19;1-6-2-4-7(5-3-6)11(8,9)10/h3-15H,16H2,1-2H3;2-5H,1H3,(H,8,9,10)/q+1;/p-1. The molecule has 0 aliphatic heterocycles. The SMILES string of the molecule is COc1ccc(OC)c(C(=O)C[S+](c2ccccc2)c2ccccc2)c1.Cc1ccc(S(=O)(=O)[O-])cc1. The topological polar surface area (TPSA) is 92.7 Å². The van der Waals surface area contributed by atoms with Crippen molar-refractivity contribution in [1.82, 2.24) is 0 Å². The fourth-order valence-electron chi connectivity index (χ4n) is 3.42. The molecule has 192 valence electrons. The molecule has 0 unspecified atom stereocenters. The van der Waals surface area contributed by atoms with Gasteiger partial charge >= 0.3 is 0 Å². The van der Waals surface area contributed by atoms with Crippen LogP contribution in [0.1, 0.15) is 15.9 Å². The van der Waals surface area contributed by atoms with Crippen molar-refractivity contribution >= 4 is 26.8 Å². The molecule has 0 N–H and O–H groups in total. The Morgan fingerprint density at radius 1 is 0.784 bits per heavy atom. The highest BCUT2D eigenvalue weighted by atomic mass is 32.2. The number of hydrogen-bond acceptors (Lipinski definition) is 6. The maximum atomic E-state index is 13.1. The molecule has 0 aliphatic carbocycles. The Hall–Kier alpha value is -3.59. The number of benzene rings is 4. The number of carbonyl (C=O) groups excluding carboxylic acids is 1. The first kappa shape index (κ1) is 28.0. The van der Waals surface area contributed by atoms with Crippen LogP contribution in [0.4, 0.5) is 0 Å². The number of hydrogen-bond donors (Lipinski definition) is 0. The largest absolute Gasteiger partial charge is 0.744 e. The van der Waals surface area contributed by atoms with Gasteiger partial charge in [-0.1, -0.05) is 54.1 Å². The number of carbonyl (C=O) groups is 1. The van der Waals surface area contributed by atoms with Gasteiger partial charge < -0.3 is 14.0 Å². The third-order valence-electron chi connectivity index (χ3n) is 5.35. The zero-order chi connectivity index (χ0) is 26.8. The average molecular weight is 537 g/mol. The van der Waals surface area contributed by atoms with Crippen molar-refractivity contribution in [3.05, 3.63) is 114 Å². The molecule has 4 aromatic rings. The molecular formula is C29H28O6S2. The summed E-state index contributed by atoms with van der Waals surface area (Å²) in [4.78, 5) is 15.2. The van der Waals surface area contributed by atoms with Crippen molar-refractivity contribution in [2.24, 2.45) is 0 Å². The van der Waals surface area contributed by atoms with Crippen LogP contribution in [-0.2, 0) is 21.0 Å². The minimum atomic E-state index is -4.27. The van der Waals surface area contributed by atoms with Crippen LogP contribution >= 0.6 is 0 Å². The first-order valence-corrected chi connectivity index (χ1v) is 14.1. The molecule has 0 spiro atoms. The molecule has 0 saturated carbocycles. The van der Waals surface area contributed by atoms with Gasteiger partial charge in [0.1, 0.15) is 21.6 Å². The lowest BCUT2D eigenvalue weighted by Crippen LogP contribution is -2.18. The average Bonchev–Trinajstić information content (AvgIpc) is 2.92. The predicted octanol–water partition coefficient (Wildman–Crippen LogP) is 5.52. The van der Waals surface area contributed by atoms with E-state index in [9.17, 15) is 17.8 Å². The van der Waals surface area contributed by atoms with E-state index in [0.29, 0.717) is 22.8 Å². The van der Waals surface area contributed by atoms with Crippen LogP contribution in [0.5, 0.6) is 11.5 Å². The third-order valence-corrected chi connectivity index (χ3v) is 8.43. The molecule has 4 rings (SSSR count). The summed E-state index contributed by atoms with van der Waals surface area (Å²) >= 11 is 0. The summed E-state index contributed by atoms with van der Waals surface area (Å²) in [5, 5.41) is 0. The minimum absolute atomic E-state index is 0.0387. The molecule has 0 atom stereocenters. The van der Waals surface area contributed by atoms with Crippen molar-refractivity contribution in [1.29, 1.82) is 0 Å². The second-order valence-electron chi connectivity index (χ2n) is 7.92. The molecule has 8 heteroatoms. The van der Waals surface area contributed by atoms with Gasteiger partial charge in [0.2, 0.25) is 5.78 Å². The van der Waals surface area contributed by atoms with E-state index in [1.54, 1.807) is 44.6 Å². The summed E-state index contributed by atoms with van der Waals surface area (Å²) in [5.74, 6) is 1.64. The van der Waals surface area contributed by atoms with Gasteiger partial charge in [0, 0.05) is 0 Å². The summed E-state index contributed by atoms with van der Waals surface area (Å²) < 4.78 is 41.8. The second kappa shape index (κ2) is 13.1. The van der Waals surface area contributed by atoms with E-state index in [1.807, 2.05) is 43.3 Å². The summed E-state index contributed by atoms with van der Waals surface area (Å²) in [6.07, 6.45) is 0. The van der Waals surface area contributed by atoms with Crippen LogP contribution in [0.3, 0.4) is 0 Å². The number of Topliss-reactive ketones (excluding diaryl/α,β-unsaturated/α-hetero) is 1. The Labute approximate surface area is 221 Å². The first-order chi connectivity index (χ1) is 17.7. The van der Waals surface area contributed by atoms with Gasteiger partial charge in [-0.25, -0.2) is 8.42 Å². The van der Waals surface area contributed by atoms with E-state index < -0.39 is 10.1 Å². The van der Waals surface area contributed by atoms with Crippen LogP contribution in [0.2, 0.25) is 0 Å². The smallest absolute Gasteiger partial charge is 0.216 e. The molecule has 37 heavy (non-hydrogen) atoms. The Morgan fingerprint density at radius 2 is 1.32 bits per heavy atom. The van der Waals surface area contributed by atoms with Gasteiger partial charge in [0.15, 0.2) is 15.5 Å². The molecule has 0 heterocycles. The quantitative estimate of drug-likeness (QED) is 0.167. The molecule has 0 aliphatic rings. The van der Waals surface area contributed by atoms with Crippen molar-refractivity contribution in [2.45, 2.75) is 21.6 Å². The molecule has 4 aromatic carbocycles. The van der Waals surface area contributed by atoms with Crippen molar-refractivity contribution in [3.8, 4) is 11.5 Å². The summed E-state index contributed by atoms with van der Waals surface area (Å²) in [5.41, 5.74) is 1.48. The lowest BCUT2D eigenvalue weighted by molar-refractivity contribution is 0.101. The van der Waals surface area contributed by atoms with Gasteiger partial charge in [0.05, 0.1) is 35.6 Å². The van der Waals surface area contributed by atoms with Crippen LogP contribution in [0.25, 0.3) is 0 Å². The van der Waals surface area contributed by atoms with Gasteiger partial charge in [-0.15, -0.1) is 0 Å². The van der Waals surface area contributed by atoms with Gasteiger partial charge in [0.25, 0.3) is 0 Å². The van der Waals surface area contributed by atoms with Crippen LogP contribution in [-0.4, -0.2) is 38.7 Å². The third kappa shape index (κ3) is 7.95. The number of ketones is 1. The van der Waals surface area contributed by atoms with E-state index in [-0.39, 0.29) is 21.6 Å². The maximum absolute atomic E-state index is 13.1. The van der Waals surface area contributed by atoms with Gasteiger partial charge in [-0.05, 0) is 61.5 Å². The molecular weight excluding hydrogens is 508 g/mol. The van der Waals surface area contributed by atoms with Crippen LogP contribution in [0, 0.1) is 6.92 Å². The number of methoxy groups -OCH3 is 2. The first-order valence-electron chi connectivity index (χ1n) is 11.3. The molecule has 0 amide bonds. The molecule has 0 aromatic heterocycles. The Balaban J connectivity index is 0.000000289. The van der Waals surface area contributed by atoms with E-state index in [4.69, 9.17) is 9.47 Å². The Morgan fingerprint density at radius 3 is 1.78 bits per heavy atom. The van der Waals surface area contributed by atoms with Crippen LogP contribution < -0.4 is 9.47 Å². The van der Waals surface area contributed by atoms with Gasteiger partial charge in [-0.3, -0.25) is 4.79 Å². The van der Waals surface area contributed by atoms with Gasteiger partial charge in [-0.2, -0.15) is 0 Å². The highest BCUT2D eigenvalue weighted by Gasteiger charge is 2.30. The predicted molar refractivity (Wildman–Crippen MR) is 145 cm³/mol. The van der Waals surface area contributed by atoms with Crippen molar-refractivity contribution < 1.29 is 27.2 Å². The molecule has 6 nitrogen and oxygen atoms in total. The van der Waals surface area contributed by atoms with E-state index in [2.05, 4.69) is 24.3 Å². The van der Waals surface area contributed by atoms with E-state index in [0.717, 1.165) is 15.4 Å². The Bertz CT molecular complexity index is 1360. The lowest BCUT2D eigenvalue weighted by Gasteiger charge is -2.11. The molecule has 0 radical (unpaired) electrons. The molecule has 0 saturated heterocycles. The number of rotatable bonds is 8. The minimum Gasteiger partial charge on any atom is -0.744 e. The monoisotopic (exact) mass is 536 g/mol. The maximum Gasteiger partial charge on any atom is 0.216 e. The molecule has 0 fully saturated rings. The highest BCUT2D eigenvalue weighted by Crippen LogP contribution is 2.28. The Kier molecular flexibility index (Phi) is 9.91. The highest BCUT2D eigenvalue weighted by molar-refractivity contribution is 7.97. The lowest BCUT2D eigenvalue weighted by atomic mass is 10.1. The summed E-state index contributed by atoms with van der Waals surface area (Å²) in [6, 6.07) is 31.4. The number of ether oxygens (including phenoxy) is 2. The van der Waals surface area contributed by atoms with E-state index >= 15 is 0 Å². The molecule has 0 bridgehead atoms. The zero-order valence-corrected chi connectivity index (χ0v) is 22.4. The zero-order valence-electron chi connectivity index (χ0n) is 20.8. The second-order valence-corrected chi connectivity index (χ2v) is 11.3. The fourth-order valence-corrected chi connectivity index (χ4v) is 5.88. The van der Waals surface area contributed by atoms with Crippen molar-refractivity contribution in [2.75, 3.05) is 20.0 Å². The summed E-state index contributed by atoms with van der Waals surface area (Å²) in [6.45, 7) is 1.82. The van der Waals surface area contributed by atoms with Crippen LogP contribution in [0.15, 0.2) is 118 Å². The van der Waals surface area contributed by atoms with Crippen molar-refractivity contribution in [3.63, 3.8) is 0 Å². The normalized spacial score (nSPS) is 10.8. The fraction of sp³-hybridized carbons (Fsp3) is 0.138.